The second-order valence-electron chi connectivity index (χ2n) is 4.38. The van der Waals surface area contributed by atoms with E-state index in [0.717, 1.165) is 4.90 Å². The zero-order chi connectivity index (χ0) is 16.2. The van der Waals surface area contributed by atoms with Gasteiger partial charge in [0.05, 0.1) is 5.56 Å². The number of nitrogens with zero attached hydrogens (tertiary/aromatic N) is 1. The number of sulfonamides is 1. The topological polar surface area (TPSA) is 89.7 Å². The summed E-state index contributed by atoms with van der Waals surface area (Å²) in [7, 11) is -1.58. The maximum atomic E-state index is 14.0. The summed E-state index contributed by atoms with van der Waals surface area (Å²) in [5, 5.41) is 4.79. The molecule has 118 valence electrons. The average molecular weight is 322 g/mol. The van der Waals surface area contributed by atoms with Crippen LogP contribution in [0, 0.1) is 11.6 Å². The predicted octanol–water partition coefficient (Wildman–Crippen LogP) is 0.721. The Bertz CT molecular complexity index is 634. The quantitative estimate of drug-likeness (QED) is 0.782. The molecule has 0 atom stereocenters. The first kappa shape index (κ1) is 17.5. The number of halogens is 2. The summed E-state index contributed by atoms with van der Waals surface area (Å²) in [6.45, 7) is 0.638. The van der Waals surface area contributed by atoms with E-state index in [0.29, 0.717) is 25.2 Å². The van der Waals surface area contributed by atoms with Gasteiger partial charge in [-0.25, -0.2) is 22.3 Å². The molecule has 1 aromatic carbocycles. The lowest BCUT2D eigenvalue weighted by molar-refractivity contribution is 0.0773. The largest absolute Gasteiger partial charge is 0.385 e. The molecule has 0 aliphatic heterocycles. The molecule has 1 amide bonds. The lowest BCUT2D eigenvalue weighted by Gasteiger charge is -2.18. The second-order valence-corrected chi connectivity index (χ2v) is 5.91. The molecule has 0 unspecified atom stereocenters. The van der Waals surface area contributed by atoms with Gasteiger partial charge in [0.2, 0.25) is 10.0 Å². The van der Waals surface area contributed by atoms with Crippen LogP contribution in [0.25, 0.3) is 0 Å². The number of amides is 1. The first-order chi connectivity index (χ1) is 9.68. The Morgan fingerprint density at radius 3 is 2.52 bits per heavy atom. The van der Waals surface area contributed by atoms with Gasteiger partial charge in [0.1, 0.15) is 10.7 Å². The summed E-state index contributed by atoms with van der Waals surface area (Å²) >= 11 is 0. The Kier molecular flexibility index (Phi) is 5.76. The Morgan fingerprint density at radius 1 is 1.38 bits per heavy atom. The van der Waals surface area contributed by atoms with Gasteiger partial charge in [-0.1, -0.05) is 0 Å². The van der Waals surface area contributed by atoms with Crippen LogP contribution in [0.5, 0.6) is 0 Å². The molecule has 1 rings (SSSR count). The normalized spacial score (nSPS) is 11.5. The van der Waals surface area contributed by atoms with Crippen molar-refractivity contribution in [3.63, 3.8) is 0 Å². The third-order valence-electron chi connectivity index (χ3n) is 2.73. The molecule has 0 fully saturated rings. The van der Waals surface area contributed by atoms with Crippen molar-refractivity contribution in [1.29, 1.82) is 0 Å². The van der Waals surface area contributed by atoms with Gasteiger partial charge in [0, 0.05) is 27.3 Å². The van der Waals surface area contributed by atoms with E-state index in [-0.39, 0.29) is 6.54 Å². The van der Waals surface area contributed by atoms with Gasteiger partial charge in [-0.3, -0.25) is 4.79 Å². The summed E-state index contributed by atoms with van der Waals surface area (Å²) < 4.78 is 54.6. The minimum Gasteiger partial charge on any atom is -0.385 e. The number of primary sulfonamides is 1. The molecule has 0 radical (unpaired) electrons. The number of carbonyl (C=O) groups is 1. The summed E-state index contributed by atoms with van der Waals surface area (Å²) in [4.78, 5) is 12.1. The van der Waals surface area contributed by atoms with Crippen LogP contribution in [0.3, 0.4) is 0 Å². The molecule has 0 aliphatic carbocycles. The fourth-order valence-electron chi connectivity index (χ4n) is 1.68. The van der Waals surface area contributed by atoms with E-state index in [9.17, 15) is 22.0 Å². The predicted molar refractivity (Wildman–Crippen MR) is 71.2 cm³/mol. The van der Waals surface area contributed by atoms with Crippen LogP contribution in [-0.2, 0) is 14.8 Å². The van der Waals surface area contributed by atoms with Crippen molar-refractivity contribution < 1.29 is 26.7 Å². The Balaban J connectivity index is 3.13. The Labute approximate surface area is 121 Å². The maximum absolute atomic E-state index is 14.0. The molecule has 0 bridgehead atoms. The van der Waals surface area contributed by atoms with E-state index in [2.05, 4.69) is 0 Å². The van der Waals surface area contributed by atoms with Gasteiger partial charge in [-0.05, 0) is 18.6 Å². The highest BCUT2D eigenvalue weighted by Crippen LogP contribution is 2.20. The van der Waals surface area contributed by atoms with Crippen molar-refractivity contribution in [1.82, 2.24) is 4.90 Å². The standard InChI is InChI=1S/C12H16F2N2O4S/c1-16(4-3-5-20-2)12(17)9-6-8(13)7-10(11(9)14)21(15,18)19/h6-7H,3-5H2,1-2H3,(H2,15,18,19). The highest BCUT2D eigenvalue weighted by Gasteiger charge is 2.24. The SMILES string of the molecule is COCCCN(C)C(=O)c1cc(F)cc(S(N)(=O)=O)c1F. The molecule has 0 spiro atoms. The van der Waals surface area contributed by atoms with Crippen LogP contribution in [0.4, 0.5) is 8.78 Å². The van der Waals surface area contributed by atoms with Crippen LogP contribution in [0.2, 0.25) is 0 Å². The van der Waals surface area contributed by atoms with Crippen LogP contribution in [-0.4, -0.2) is 46.5 Å². The van der Waals surface area contributed by atoms with Crippen molar-refractivity contribution in [3.8, 4) is 0 Å². The lowest BCUT2D eigenvalue weighted by atomic mass is 10.1. The lowest BCUT2D eigenvalue weighted by Crippen LogP contribution is -2.30. The highest BCUT2D eigenvalue weighted by molar-refractivity contribution is 7.89. The Morgan fingerprint density at radius 2 is 2.00 bits per heavy atom. The van der Waals surface area contributed by atoms with Crippen molar-refractivity contribution in [2.75, 3.05) is 27.3 Å². The third kappa shape index (κ3) is 4.45. The number of hydrogen-bond acceptors (Lipinski definition) is 4. The van der Waals surface area contributed by atoms with Crippen LogP contribution in [0.1, 0.15) is 16.8 Å². The van der Waals surface area contributed by atoms with E-state index < -0.39 is 38.0 Å². The van der Waals surface area contributed by atoms with Crippen molar-refractivity contribution >= 4 is 15.9 Å². The highest BCUT2D eigenvalue weighted by atomic mass is 32.2. The number of benzene rings is 1. The van der Waals surface area contributed by atoms with Crippen LogP contribution >= 0.6 is 0 Å². The van der Waals surface area contributed by atoms with E-state index in [1.165, 1.54) is 14.2 Å². The van der Waals surface area contributed by atoms with Gasteiger partial charge in [-0.15, -0.1) is 0 Å². The fourth-order valence-corrected chi connectivity index (χ4v) is 2.32. The van der Waals surface area contributed by atoms with Gasteiger partial charge in [0.15, 0.2) is 5.82 Å². The number of hydrogen-bond donors (Lipinski definition) is 1. The van der Waals surface area contributed by atoms with E-state index in [4.69, 9.17) is 9.88 Å². The molecule has 0 aliphatic rings. The smallest absolute Gasteiger partial charge is 0.256 e. The van der Waals surface area contributed by atoms with Crippen LogP contribution in [0.15, 0.2) is 17.0 Å². The first-order valence-corrected chi connectivity index (χ1v) is 7.49. The molecule has 2 N–H and O–H groups in total. The van der Waals surface area contributed by atoms with Crippen molar-refractivity contribution in [2.45, 2.75) is 11.3 Å². The molecule has 21 heavy (non-hydrogen) atoms. The summed E-state index contributed by atoms with van der Waals surface area (Å²) in [5.74, 6) is -3.26. The number of carbonyl (C=O) groups excluding carboxylic acids is 1. The van der Waals surface area contributed by atoms with Crippen LogP contribution < -0.4 is 5.14 Å². The fraction of sp³-hybridized carbons (Fsp3) is 0.417. The van der Waals surface area contributed by atoms with Crippen molar-refractivity contribution in [2.24, 2.45) is 5.14 Å². The average Bonchev–Trinajstić information content (AvgIpc) is 2.39. The van der Waals surface area contributed by atoms with E-state index in [1.54, 1.807) is 0 Å². The minimum absolute atomic E-state index is 0.243. The van der Waals surface area contributed by atoms with Crippen molar-refractivity contribution in [3.05, 3.63) is 29.3 Å². The molecule has 0 heterocycles. The molecule has 0 saturated carbocycles. The molecule has 0 aromatic heterocycles. The Hall–Kier alpha value is -1.58. The maximum Gasteiger partial charge on any atom is 0.256 e. The van der Waals surface area contributed by atoms with E-state index >= 15 is 0 Å². The summed E-state index contributed by atoms with van der Waals surface area (Å²) in [6, 6.07) is 1.07. The molecule has 6 nitrogen and oxygen atoms in total. The first-order valence-electron chi connectivity index (χ1n) is 5.94. The van der Waals surface area contributed by atoms with Gasteiger partial charge >= 0.3 is 0 Å². The summed E-state index contributed by atoms with van der Waals surface area (Å²) in [6.07, 6.45) is 0.498. The minimum atomic E-state index is -4.46. The third-order valence-corrected chi connectivity index (χ3v) is 3.64. The van der Waals surface area contributed by atoms with Gasteiger partial charge in [-0.2, -0.15) is 0 Å². The monoisotopic (exact) mass is 322 g/mol. The molecule has 9 heteroatoms. The molecular formula is C12H16F2N2O4S. The van der Waals surface area contributed by atoms with Gasteiger partial charge < -0.3 is 9.64 Å². The number of nitrogens with two attached hydrogens (primary N) is 1. The summed E-state index contributed by atoms with van der Waals surface area (Å²) in [5.41, 5.74) is -0.682. The second kappa shape index (κ2) is 6.92. The zero-order valence-corrected chi connectivity index (χ0v) is 12.4. The van der Waals surface area contributed by atoms with E-state index in [1.807, 2.05) is 0 Å². The molecule has 1 aromatic rings. The van der Waals surface area contributed by atoms with Gasteiger partial charge in [0.25, 0.3) is 5.91 Å². The number of rotatable bonds is 6. The number of ether oxygens (including phenoxy) is 1. The number of methoxy groups -OCH3 is 1. The zero-order valence-electron chi connectivity index (χ0n) is 11.6. The molecular weight excluding hydrogens is 306 g/mol. The molecule has 0 saturated heterocycles.